The van der Waals surface area contributed by atoms with Gasteiger partial charge >= 0.3 is 0 Å². The summed E-state index contributed by atoms with van der Waals surface area (Å²) >= 11 is 0. The molecule has 1 rings (SSSR count). The maximum Gasteiger partial charge on any atom is 0.220 e. The van der Waals surface area contributed by atoms with Crippen molar-refractivity contribution < 1.29 is 9.53 Å². The molecule has 0 aromatic heterocycles. The van der Waals surface area contributed by atoms with E-state index in [1.807, 2.05) is 38.1 Å². The number of ether oxygens (including phenoxy) is 1. The van der Waals surface area contributed by atoms with Crippen LogP contribution < -0.4 is 15.8 Å². The Morgan fingerprint density at radius 2 is 1.86 bits per heavy atom. The van der Waals surface area contributed by atoms with Crippen molar-refractivity contribution >= 4 is 5.91 Å². The summed E-state index contributed by atoms with van der Waals surface area (Å²) in [5.41, 5.74) is 6.53. The van der Waals surface area contributed by atoms with Crippen molar-refractivity contribution in [2.45, 2.75) is 52.0 Å². The second kappa shape index (κ2) is 10.2. The van der Waals surface area contributed by atoms with Crippen molar-refractivity contribution in [1.82, 2.24) is 5.32 Å². The van der Waals surface area contributed by atoms with Crippen molar-refractivity contribution in [2.75, 3.05) is 13.2 Å². The fraction of sp³-hybridized carbons (Fsp3) is 0.588. The largest absolute Gasteiger partial charge is 0.494 e. The fourth-order valence-electron chi connectivity index (χ4n) is 2.20. The summed E-state index contributed by atoms with van der Waals surface area (Å²) in [7, 11) is 0. The number of hydrogen-bond donors (Lipinski definition) is 2. The van der Waals surface area contributed by atoms with Gasteiger partial charge in [-0.2, -0.15) is 0 Å². The first-order valence-corrected chi connectivity index (χ1v) is 7.89. The van der Waals surface area contributed by atoms with Crippen LogP contribution >= 0.6 is 0 Å². The normalized spacial score (nSPS) is 12.0. The standard InChI is InChI=1S/C17H28N2O2/c1-3-21-16-11-9-15(10-12-16)14(2)19-17(20)8-6-4-5-7-13-18/h9-12,14H,3-8,13,18H2,1-2H3,(H,19,20). The average Bonchev–Trinajstić information content (AvgIpc) is 2.48. The van der Waals surface area contributed by atoms with E-state index in [0.717, 1.165) is 43.5 Å². The first kappa shape index (κ1) is 17.5. The molecule has 1 unspecified atom stereocenters. The Morgan fingerprint density at radius 1 is 1.19 bits per heavy atom. The van der Waals surface area contributed by atoms with Gasteiger partial charge in [0, 0.05) is 6.42 Å². The molecule has 0 fully saturated rings. The molecule has 4 nitrogen and oxygen atoms in total. The van der Waals surface area contributed by atoms with Gasteiger partial charge in [0.1, 0.15) is 5.75 Å². The third-order valence-corrected chi connectivity index (χ3v) is 3.43. The molecule has 3 N–H and O–H groups in total. The highest BCUT2D eigenvalue weighted by Gasteiger charge is 2.09. The molecule has 0 saturated heterocycles. The molecule has 0 spiro atoms. The molecule has 1 amide bonds. The van der Waals surface area contributed by atoms with Crippen LogP contribution in [-0.2, 0) is 4.79 Å². The molecule has 0 aliphatic heterocycles. The van der Waals surface area contributed by atoms with E-state index in [4.69, 9.17) is 10.5 Å². The third kappa shape index (κ3) is 7.14. The minimum atomic E-state index is 0.0252. The molecule has 0 aliphatic carbocycles. The summed E-state index contributed by atoms with van der Waals surface area (Å²) in [5.74, 6) is 0.976. The number of nitrogens with two attached hydrogens (primary N) is 1. The Labute approximate surface area is 128 Å². The van der Waals surface area contributed by atoms with E-state index in [1.165, 1.54) is 0 Å². The highest BCUT2D eigenvalue weighted by molar-refractivity contribution is 5.76. The van der Waals surface area contributed by atoms with Crippen LogP contribution in [-0.4, -0.2) is 19.1 Å². The lowest BCUT2D eigenvalue weighted by atomic mass is 10.1. The van der Waals surface area contributed by atoms with E-state index >= 15 is 0 Å². The summed E-state index contributed by atoms with van der Waals surface area (Å²) in [6.45, 7) is 5.36. The number of hydrogen-bond acceptors (Lipinski definition) is 3. The van der Waals surface area contributed by atoms with E-state index in [0.29, 0.717) is 13.0 Å². The van der Waals surface area contributed by atoms with Crippen LogP contribution in [0.5, 0.6) is 5.75 Å². The van der Waals surface area contributed by atoms with E-state index < -0.39 is 0 Å². The zero-order valence-corrected chi connectivity index (χ0v) is 13.2. The van der Waals surface area contributed by atoms with Crippen LogP contribution in [0, 0.1) is 0 Å². The second-order valence-corrected chi connectivity index (χ2v) is 5.24. The van der Waals surface area contributed by atoms with Gasteiger partial charge in [-0.05, 0) is 50.9 Å². The second-order valence-electron chi connectivity index (χ2n) is 5.24. The number of carbonyl (C=O) groups excluding carboxylic acids is 1. The highest BCUT2D eigenvalue weighted by atomic mass is 16.5. The van der Waals surface area contributed by atoms with E-state index in [9.17, 15) is 4.79 Å². The lowest BCUT2D eigenvalue weighted by Crippen LogP contribution is -2.26. The minimum absolute atomic E-state index is 0.0252. The van der Waals surface area contributed by atoms with Crippen molar-refractivity contribution in [3.05, 3.63) is 29.8 Å². The quantitative estimate of drug-likeness (QED) is 0.651. The van der Waals surface area contributed by atoms with Crippen LogP contribution in [0.25, 0.3) is 0 Å². The summed E-state index contributed by atoms with van der Waals surface area (Å²) < 4.78 is 5.41. The zero-order chi connectivity index (χ0) is 15.5. The van der Waals surface area contributed by atoms with Gasteiger partial charge < -0.3 is 15.8 Å². The van der Waals surface area contributed by atoms with Crippen LogP contribution in [0.2, 0.25) is 0 Å². The van der Waals surface area contributed by atoms with Crippen molar-refractivity contribution in [3.63, 3.8) is 0 Å². The molecule has 21 heavy (non-hydrogen) atoms. The van der Waals surface area contributed by atoms with Crippen LogP contribution in [0.15, 0.2) is 24.3 Å². The Bertz CT molecular complexity index is 404. The highest BCUT2D eigenvalue weighted by Crippen LogP contribution is 2.17. The number of benzene rings is 1. The lowest BCUT2D eigenvalue weighted by molar-refractivity contribution is -0.121. The zero-order valence-electron chi connectivity index (χ0n) is 13.2. The number of rotatable bonds is 10. The summed E-state index contributed by atoms with van der Waals surface area (Å²) in [5, 5.41) is 3.03. The average molecular weight is 292 g/mol. The monoisotopic (exact) mass is 292 g/mol. The maximum atomic E-state index is 11.9. The maximum absolute atomic E-state index is 11.9. The van der Waals surface area contributed by atoms with Gasteiger partial charge in [0.05, 0.1) is 12.6 Å². The molecule has 1 atom stereocenters. The molecular weight excluding hydrogens is 264 g/mol. The van der Waals surface area contributed by atoms with Gasteiger partial charge in [-0.3, -0.25) is 4.79 Å². The SMILES string of the molecule is CCOc1ccc(C(C)NC(=O)CCCCCCN)cc1. The molecular formula is C17H28N2O2. The molecule has 0 aliphatic rings. The van der Waals surface area contributed by atoms with E-state index in [-0.39, 0.29) is 11.9 Å². The van der Waals surface area contributed by atoms with Crippen molar-refractivity contribution in [1.29, 1.82) is 0 Å². The van der Waals surface area contributed by atoms with Gasteiger partial charge in [0.2, 0.25) is 5.91 Å². The summed E-state index contributed by atoms with van der Waals surface area (Å²) in [4.78, 5) is 11.9. The molecule has 4 heteroatoms. The molecule has 0 radical (unpaired) electrons. The number of nitrogens with one attached hydrogen (secondary N) is 1. The van der Waals surface area contributed by atoms with E-state index in [1.54, 1.807) is 0 Å². The molecule has 1 aromatic carbocycles. The number of amides is 1. The van der Waals surface area contributed by atoms with E-state index in [2.05, 4.69) is 5.32 Å². The molecule has 1 aromatic rings. The smallest absolute Gasteiger partial charge is 0.220 e. The minimum Gasteiger partial charge on any atom is -0.494 e. The van der Waals surface area contributed by atoms with Gasteiger partial charge in [0.15, 0.2) is 0 Å². The predicted molar refractivity (Wildman–Crippen MR) is 86.3 cm³/mol. The van der Waals surface area contributed by atoms with Gasteiger partial charge in [-0.25, -0.2) is 0 Å². The molecule has 0 heterocycles. The summed E-state index contributed by atoms with van der Waals surface area (Å²) in [6, 6.07) is 7.90. The lowest BCUT2D eigenvalue weighted by Gasteiger charge is -2.15. The first-order valence-electron chi connectivity index (χ1n) is 7.89. The fourth-order valence-corrected chi connectivity index (χ4v) is 2.20. The topological polar surface area (TPSA) is 64.3 Å². The van der Waals surface area contributed by atoms with Gasteiger partial charge in [-0.1, -0.05) is 25.0 Å². The molecule has 118 valence electrons. The van der Waals surface area contributed by atoms with Crippen LogP contribution in [0.1, 0.15) is 57.6 Å². The van der Waals surface area contributed by atoms with Crippen LogP contribution in [0.4, 0.5) is 0 Å². The van der Waals surface area contributed by atoms with Gasteiger partial charge in [0.25, 0.3) is 0 Å². The molecule has 0 saturated carbocycles. The predicted octanol–water partition coefficient (Wildman–Crippen LogP) is 3.17. The Hall–Kier alpha value is -1.55. The van der Waals surface area contributed by atoms with Crippen LogP contribution in [0.3, 0.4) is 0 Å². The first-order chi connectivity index (χ1) is 10.2. The Morgan fingerprint density at radius 3 is 2.48 bits per heavy atom. The number of unbranched alkanes of at least 4 members (excludes halogenated alkanes) is 3. The Balaban J connectivity index is 2.31. The Kier molecular flexibility index (Phi) is 8.51. The summed E-state index contributed by atoms with van der Waals surface area (Å²) in [6.07, 6.45) is 4.75. The van der Waals surface area contributed by atoms with Crippen molar-refractivity contribution in [2.24, 2.45) is 5.73 Å². The van der Waals surface area contributed by atoms with Crippen molar-refractivity contribution in [3.8, 4) is 5.75 Å². The van der Waals surface area contributed by atoms with Gasteiger partial charge in [-0.15, -0.1) is 0 Å². The number of carbonyl (C=O) groups is 1. The third-order valence-electron chi connectivity index (χ3n) is 3.43. The molecule has 0 bridgehead atoms.